The Morgan fingerprint density at radius 3 is 2.57 bits per heavy atom. The highest BCUT2D eigenvalue weighted by Gasteiger charge is 2.28. The molecule has 14 heavy (non-hydrogen) atoms. The molecule has 0 aliphatic carbocycles. The van der Waals surface area contributed by atoms with E-state index in [-0.39, 0.29) is 11.8 Å². The van der Waals surface area contributed by atoms with Gasteiger partial charge in [-0.3, -0.25) is 19.5 Å². The van der Waals surface area contributed by atoms with Gasteiger partial charge in [-0.05, 0) is 11.6 Å². The third kappa shape index (κ3) is 1.64. The van der Waals surface area contributed by atoms with Crippen molar-refractivity contribution in [1.29, 1.82) is 0 Å². The number of hydrogen-bond donors (Lipinski definition) is 0. The van der Waals surface area contributed by atoms with Gasteiger partial charge >= 0.3 is 0 Å². The molecule has 1 aromatic heterocycles. The summed E-state index contributed by atoms with van der Waals surface area (Å²) in [7, 11) is 0. The number of likely N-dealkylation sites (tertiary alicyclic amines) is 1. The maximum Gasteiger partial charge on any atom is 0.229 e. The second-order valence-corrected chi connectivity index (χ2v) is 3.23. The lowest BCUT2D eigenvalue weighted by Gasteiger charge is -2.12. The zero-order chi connectivity index (χ0) is 9.97. The predicted molar refractivity (Wildman–Crippen MR) is 49.0 cm³/mol. The Bertz CT molecular complexity index is 346. The molecular weight excluding hydrogens is 180 g/mol. The minimum absolute atomic E-state index is 0.0844. The van der Waals surface area contributed by atoms with Gasteiger partial charge in [-0.1, -0.05) is 6.07 Å². The molecule has 1 aliphatic rings. The molecule has 0 spiro atoms. The van der Waals surface area contributed by atoms with Gasteiger partial charge in [0.1, 0.15) is 0 Å². The second-order valence-electron chi connectivity index (χ2n) is 3.23. The Morgan fingerprint density at radius 1 is 1.29 bits per heavy atom. The van der Waals surface area contributed by atoms with Crippen molar-refractivity contribution in [3.63, 3.8) is 0 Å². The third-order valence-electron chi connectivity index (χ3n) is 2.22. The molecule has 0 unspecified atom stereocenters. The van der Waals surface area contributed by atoms with Gasteiger partial charge in [0.25, 0.3) is 0 Å². The first kappa shape index (κ1) is 8.87. The molecule has 1 aliphatic heterocycles. The number of rotatable bonds is 2. The average molecular weight is 190 g/mol. The minimum atomic E-state index is -0.0844. The van der Waals surface area contributed by atoms with Gasteiger partial charge in [0, 0.05) is 25.2 Å². The van der Waals surface area contributed by atoms with Crippen molar-refractivity contribution in [2.45, 2.75) is 19.4 Å². The molecule has 1 saturated heterocycles. The van der Waals surface area contributed by atoms with Crippen LogP contribution in [0.1, 0.15) is 18.4 Å². The van der Waals surface area contributed by atoms with Crippen LogP contribution in [0.2, 0.25) is 0 Å². The zero-order valence-corrected chi connectivity index (χ0v) is 7.64. The smallest absolute Gasteiger partial charge is 0.229 e. The summed E-state index contributed by atoms with van der Waals surface area (Å²) >= 11 is 0. The number of aromatic nitrogens is 1. The Kier molecular flexibility index (Phi) is 2.26. The van der Waals surface area contributed by atoms with E-state index in [9.17, 15) is 9.59 Å². The summed E-state index contributed by atoms with van der Waals surface area (Å²) in [5.41, 5.74) is 0.885. The fraction of sp³-hybridized carbons (Fsp3) is 0.300. The highest BCUT2D eigenvalue weighted by Crippen LogP contribution is 2.14. The average Bonchev–Trinajstić information content (AvgIpc) is 2.51. The summed E-state index contributed by atoms with van der Waals surface area (Å²) in [6.07, 6.45) is 4.02. The summed E-state index contributed by atoms with van der Waals surface area (Å²) < 4.78 is 0. The van der Waals surface area contributed by atoms with Gasteiger partial charge in [-0.15, -0.1) is 0 Å². The molecule has 2 rings (SSSR count). The van der Waals surface area contributed by atoms with Crippen molar-refractivity contribution >= 4 is 11.8 Å². The van der Waals surface area contributed by atoms with Crippen LogP contribution >= 0.6 is 0 Å². The summed E-state index contributed by atoms with van der Waals surface area (Å²) in [5, 5.41) is 0. The van der Waals surface area contributed by atoms with E-state index in [1.807, 2.05) is 6.07 Å². The summed E-state index contributed by atoms with van der Waals surface area (Å²) in [5.74, 6) is -0.169. The third-order valence-corrected chi connectivity index (χ3v) is 2.22. The lowest BCUT2D eigenvalue weighted by molar-refractivity contribution is -0.139. The fourth-order valence-electron chi connectivity index (χ4n) is 1.47. The number of pyridine rings is 1. The van der Waals surface area contributed by atoms with Gasteiger partial charge < -0.3 is 0 Å². The monoisotopic (exact) mass is 190 g/mol. The van der Waals surface area contributed by atoms with Crippen LogP contribution < -0.4 is 0 Å². The van der Waals surface area contributed by atoms with Crippen LogP contribution in [0.15, 0.2) is 24.5 Å². The molecule has 72 valence electrons. The molecule has 0 atom stereocenters. The first-order valence-electron chi connectivity index (χ1n) is 4.49. The number of carbonyl (C=O) groups is 2. The number of imide groups is 1. The minimum Gasteiger partial charge on any atom is -0.278 e. The van der Waals surface area contributed by atoms with Crippen LogP contribution in [0.3, 0.4) is 0 Å². The predicted octanol–water partition coefficient (Wildman–Crippen LogP) is 0.731. The summed E-state index contributed by atoms with van der Waals surface area (Å²) in [6.45, 7) is 0.353. The van der Waals surface area contributed by atoms with Crippen LogP contribution in [0, 0.1) is 0 Å². The molecule has 2 amide bonds. The number of nitrogens with zero attached hydrogens (tertiary/aromatic N) is 2. The van der Waals surface area contributed by atoms with Crippen LogP contribution in [0.25, 0.3) is 0 Å². The zero-order valence-electron chi connectivity index (χ0n) is 7.64. The van der Waals surface area contributed by atoms with E-state index in [1.54, 1.807) is 18.5 Å². The van der Waals surface area contributed by atoms with Gasteiger partial charge in [0.2, 0.25) is 11.8 Å². The van der Waals surface area contributed by atoms with Gasteiger partial charge in [-0.2, -0.15) is 0 Å². The van der Waals surface area contributed by atoms with Gasteiger partial charge in [0.15, 0.2) is 0 Å². The maximum atomic E-state index is 11.3. The molecule has 4 heteroatoms. The van der Waals surface area contributed by atoms with Crippen molar-refractivity contribution in [1.82, 2.24) is 9.88 Å². The van der Waals surface area contributed by atoms with Crippen LogP contribution in [-0.4, -0.2) is 21.7 Å². The molecular formula is C10H10N2O2. The number of hydrogen-bond acceptors (Lipinski definition) is 3. The molecule has 0 radical (unpaired) electrons. The molecule has 0 saturated carbocycles. The lowest BCUT2D eigenvalue weighted by Crippen LogP contribution is -2.28. The molecule has 0 bridgehead atoms. The topological polar surface area (TPSA) is 50.3 Å². The second kappa shape index (κ2) is 3.57. The van der Waals surface area contributed by atoms with Gasteiger partial charge in [0.05, 0.1) is 6.54 Å². The SMILES string of the molecule is O=C1CCC(=O)N1Cc1cccnc1. The molecule has 2 heterocycles. The van der Waals surface area contributed by atoms with E-state index in [4.69, 9.17) is 0 Å². The van der Waals surface area contributed by atoms with Crippen molar-refractivity contribution in [2.75, 3.05) is 0 Å². The Hall–Kier alpha value is -1.71. The van der Waals surface area contributed by atoms with E-state index in [2.05, 4.69) is 4.98 Å². The summed E-state index contributed by atoms with van der Waals surface area (Å²) in [6, 6.07) is 3.65. The van der Waals surface area contributed by atoms with E-state index in [0.29, 0.717) is 19.4 Å². The van der Waals surface area contributed by atoms with Crippen molar-refractivity contribution in [3.05, 3.63) is 30.1 Å². The summed E-state index contributed by atoms with van der Waals surface area (Å²) in [4.78, 5) is 27.8. The van der Waals surface area contributed by atoms with E-state index in [0.717, 1.165) is 5.56 Å². The van der Waals surface area contributed by atoms with Crippen molar-refractivity contribution in [2.24, 2.45) is 0 Å². The highest BCUT2D eigenvalue weighted by molar-refractivity contribution is 6.01. The van der Waals surface area contributed by atoms with Crippen LogP contribution in [0.4, 0.5) is 0 Å². The first-order valence-corrected chi connectivity index (χ1v) is 4.49. The quantitative estimate of drug-likeness (QED) is 0.646. The normalized spacial score (nSPS) is 16.4. The Morgan fingerprint density at radius 2 is 2.00 bits per heavy atom. The number of amides is 2. The van der Waals surface area contributed by atoms with Crippen LogP contribution in [0.5, 0.6) is 0 Å². The van der Waals surface area contributed by atoms with Crippen molar-refractivity contribution < 1.29 is 9.59 Å². The van der Waals surface area contributed by atoms with E-state index in [1.165, 1.54) is 4.90 Å². The van der Waals surface area contributed by atoms with E-state index >= 15 is 0 Å². The molecule has 4 nitrogen and oxygen atoms in total. The highest BCUT2D eigenvalue weighted by atomic mass is 16.2. The van der Waals surface area contributed by atoms with Crippen molar-refractivity contribution in [3.8, 4) is 0 Å². The van der Waals surface area contributed by atoms with Gasteiger partial charge in [-0.25, -0.2) is 0 Å². The standard InChI is InChI=1S/C10H10N2O2/c13-9-3-4-10(14)12(9)7-8-2-1-5-11-6-8/h1-2,5-6H,3-4,7H2. The van der Waals surface area contributed by atoms with E-state index < -0.39 is 0 Å². The largest absolute Gasteiger partial charge is 0.278 e. The molecule has 1 aromatic rings. The lowest BCUT2D eigenvalue weighted by atomic mass is 10.3. The maximum absolute atomic E-state index is 11.3. The fourth-order valence-corrected chi connectivity index (χ4v) is 1.47. The molecule has 0 N–H and O–H groups in total. The Balaban J connectivity index is 2.11. The van der Waals surface area contributed by atoms with Crippen LogP contribution in [-0.2, 0) is 16.1 Å². The molecule has 1 fully saturated rings. The molecule has 0 aromatic carbocycles. The number of carbonyl (C=O) groups excluding carboxylic acids is 2. The Labute approximate surface area is 81.6 Å². The first-order chi connectivity index (χ1) is 6.77.